The van der Waals surface area contributed by atoms with Crippen LogP contribution in [-0.4, -0.2) is 28.8 Å². The van der Waals surface area contributed by atoms with Crippen molar-refractivity contribution in [3.63, 3.8) is 0 Å². The fraction of sp³-hybridized carbons (Fsp3) is 0.125. The van der Waals surface area contributed by atoms with E-state index in [0.29, 0.717) is 11.3 Å². The summed E-state index contributed by atoms with van der Waals surface area (Å²) in [4.78, 5) is 22.8. The maximum Gasteiger partial charge on any atom is 0.212 e. The van der Waals surface area contributed by atoms with Crippen molar-refractivity contribution in [2.75, 3.05) is 7.05 Å². The number of nitrogens with one attached hydrogen (secondary N) is 2. The van der Waals surface area contributed by atoms with Gasteiger partial charge in [0, 0.05) is 13.1 Å². The molecule has 0 aliphatic heterocycles. The van der Waals surface area contributed by atoms with Gasteiger partial charge >= 0.3 is 0 Å². The topological polar surface area (TPSA) is 74.8 Å². The summed E-state index contributed by atoms with van der Waals surface area (Å²) in [7, 11) is 1.60. The molecule has 1 aromatic heterocycles. The summed E-state index contributed by atoms with van der Waals surface area (Å²) in [5.74, 6) is -0.428. The summed E-state index contributed by atoms with van der Waals surface area (Å²) in [5.41, 5.74) is 0.903. The number of aromatic amines is 1. The molecule has 1 heterocycles. The largest absolute Gasteiger partial charge is 0.385 e. The Morgan fingerprint density at radius 1 is 1.46 bits per heavy atom. The van der Waals surface area contributed by atoms with Crippen LogP contribution in [0.15, 0.2) is 18.0 Å². The van der Waals surface area contributed by atoms with Gasteiger partial charge in [-0.25, -0.2) is 0 Å². The van der Waals surface area contributed by atoms with Crippen LogP contribution in [0.3, 0.4) is 0 Å². The zero-order valence-corrected chi connectivity index (χ0v) is 6.92. The lowest BCUT2D eigenvalue weighted by atomic mass is 10.00. The number of rotatable bonds is 1. The number of hydrogen-bond acceptors (Lipinski definition) is 4. The summed E-state index contributed by atoms with van der Waals surface area (Å²) in [6.45, 7) is 0. The molecule has 0 aromatic carbocycles. The number of hydrogen-bond donors (Lipinski definition) is 2. The molecule has 2 N–H and O–H groups in total. The van der Waals surface area contributed by atoms with Crippen LogP contribution in [0.4, 0.5) is 0 Å². The maximum atomic E-state index is 11.5. The number of carbonyl (C=O) groups is 2. The van der Waals surface area contributed by atoms with Crippen molar-refractivity contribution >= 4 is 11.6 Å². The normalized spacial score (nSPS) is 15.3. The van der Waals surface area contributed by atoms with Crippen LogP contribution >= 0.6 is 0 Å². The molecule has 5 heteroatoms. The van der Waals surface area contributed by atoms with Crippen molar-refractivity contribution < 1.29 is 9.59 Å². The monoisotopic (exact) mass is 177 g/mol. The Hall–Kier alpha value is -1.91. The van der Waals surface area contributed by atoms with Crippen molar-refractivity contribution in [3.05, 3.63) is 29.2 Å². The third-order valence-electron chi connectivity index (χ3n) is 1.92. The molecular weight excluding hydrogens is 170 g/mol. The second kappa shape index (κ2) is 2.55. The standard InChI is InChI=1S/C8H7N3O2/c1-9-5-2-6(12)7-4(8(5)13)3-10-11-7/h2-3,9H,1H3,(H,10,11). The van der Waals surface area contributed by atoms with E-state index in [0.717, 1.165) is 0 Å². The van der Waals surface area contributed by atoms with E-state index in [9.17, 15) is 9.59 Å². The van der Waals surface area contributed by atoms with Crippen molar-refractivity contribution in [2.45, 2.75) is 0 Å². The summed E-state index contributed by atoms with van der Waals surface area (Å²) in [6.07, 6.45) is 2.63. The van der Waals surface area contributed by atoms with Gasteiger partial charge in [0.25, 0.3) is 0 Å². The second-order valence-corrected chi connectivity index (χ2v) is 2.66. The molecule has 66 valence electrons. The Kier molecular flexibility index (Phi) is 1.51. The molecule has 0 radical (unpaired) electrons. The molecule has 0 bridgehead atoms. The molecule has 0 atom stereocenters. The predicted molar refractivity (Wildman–Crippen MR) is 44.4 cm³/mol. The number of fused-ring (bicyclic) bond motifs is 1. The summed E-state index contributed by atoms with van der Waals surface area (Å²) < 4.78 is 0. The van der Waals surface area contributed by atoms with Crippen LogP contribution < -0.4 is 5.32 Å². The number of nitrogens with zero attached hydrogens (tertiary/aromatic N) is 1. The smallest absolute Gasteiger partial charge is 0.212 e. The van der Waals surface area contributed by atoms with Crippen LogP contribution in [0.5, 0.6) is 0 Å². The highest BCUT2D eigenvalue weighted by atomic mass is 16.1. The first-order chi connectivity index (χ1) is 6.24. The van der Waals surface area contributed by atoms with Gasteiger partial charge in [-0.05, 0) is 0 Å². The fourth-order valence-corrected chi connectivity index (χ4v) is 1.25. The molecule has 13 heavy (non-hydrogen) atoms. The molecular formula is C8H7N3O2. The van der Waals surface area contributed by atoms with Gasteiger partial charge in [-0.2, -0.15) is 5.10 Å². The summed E-state index contributed by atoms with van der Waals surface area (Å²) in [6, 6.07) is 0. The summed E-state index contributed by atoms with van der Waals surface area (Å²) >= 11 is 0. The molecule has 5 nitrogen and oxygen atoms in total. The van der Waals surface area contributed by atoms with E-state index in [2.05, 4.69) is 15.5 Å². The van der Waals surface area contributed by atoms with Gasteiger partial charge in [-0.3, -0.25) is 14.7 Å². The van der Waals surface area contributed by atoms with Crippen molar-refractivity contribution in [1.82, 2.24) is 15.5 Å². The lowest BCUT2D eigenvalue weighted by molar-refractivity contribution is 0.0977. The molecule has 0 saturated heterocycles. The highest BCUT2D eigenvalue weighted by Crippen LogP contribution is 2.16. The lowest BCUT2D eigenvalue weighted by Gasteiger charge is -2.09. The number of Topliss-reactive ketones (excluding diaryl/α,β-unsaturated/α-hetero) is 1. The van der Waals surface area contributed by atoms with Crippen LogP contribution in [-0.2, 0) is 0 Å². The molecule has 1 aliphatic rings. The predicted octanol–water partition coefficient (Wildman–Crippen LogP) is -0.108. The first-order valence-corrected chi connectivity index (χ1v) is 3.76. The lowest BCUT2D eigenvalue weighted by Crippen LogP contribution is -2.23. The second-order valence-electron chi connectivity index (χ2n) is 2.66. The van der Waals surface area contributed by atoms with E-state index >= 15 is 0 Å². The average molecular weight is 177 g/mol. The van der Waals surface area contributed by atoms with Gasteiger partial charge in [0.15, 0.2) is 0 Å². The van der Waals surface area contributed by atoms with Crippen LogP contribution in [0.25, 0.3) is 0 Å². The zero-order chi connectivity index (χ0) is 9.42. The molecule has 0 amide bonds. The van der Waals surface area contributed by atoms with Gasteiger partial charge in [0.05, 0.1) is 17.5 Å². The van der Waals surface area contributed by atoms with Crippen LogP contribution in [0.1, 0.15) is 20.8 Å². The third-order valence-corrected chi connectivity index (χ3v) is 1.92. The van der Waals surface area contributed by atoms with Gasteiger partial charge in [0.2, 0.25) is 11.6 Å². The molecule has 1 aromatic rings. The van der Waals surface area contributed by atoms with E-state index in [4.69, 9.17) is 0 Å². The molecule has 1 aliphatic carbocycles. The number of allylic oxidation sites excluding steroid dienone is 2. The highest BCUT2D eigenvalue weighted by Gasteiger charge is 2.26. The van der Waals surface area contributed by atoms with Crippen LogP contribution in [0.2, 0.25) is 0 Å². The van der Waals surface area contributed by atoms with E-state index in [1.807, 2.05) is 0 Å². The number of carbonyl (C=O) groups excluding carboxylic acids is 2. The highest BCUT2D eigenvalue weighted by molar-refractivity contribution is 6.23. The third kappa shape index (κ3) is 0.970. The van der Waals surface area contributed by atoms with Gasteiger partial charge in [-0.1, -0.05) is 0 Å². The Labute approximate surface area is 73.8 Å². The number of aromatic nitrogens is 2. The number of likely N-dealkylation sites (N-methyl/N-ethyl adjacent to an activating group) is 1. The molecule has 0 fully saturated rings. The minimum absolute atomic E-state index is 0.203. The maximum absolute atomic E-state index is 11.5. The first kappa shape index (κ1) is 7.72. The van der Waals surface area contributed by atoms with Gasteiger partial charge < -0.3 is 5.32 Å². The number of H-pyrrole nitrogens is 1. The Morgan fingerprint density at radius 2 is 2.23 bits per heavy atom. The van der Waals surface area contributed by atoms with E-state index in [-0.39, 0.29) is 17.3 Å². The van der Waals surface area contributed by atoms with E-state index < -0.39 is 0 Å². The minimum atomic E-state index is -0.226. The van der Waals surface area contributed by atoms with Gasteiger partial charge in [-0.15, -0.1) is 0 Å². The minimum Gasteiger partial charge on any atom is -0.385 e. The first-order valence-electron chi connectivity index (χ1n) is 3.76. The molecule has 0 saturated carbocycles. The van der Waals surface area contributed by atoms with E-state index in [1.54, 1.807) is 7.05 Å². The molecule has 0 unspecified atom stereocenters. The Balaban J connectivity index is 2.58. The van der Waals surface area contributed by atoms with Crippen LogP contribution in [0, 0.1) is 0 Å². The average Bonchev–Trinajstić information content (AvgIpc) is 2.60. The SMILES string of the molecule is CNC1=CC(=O)c2[nH]ncc2C1=O. The van der Waals surface area contributed by atoms with Crippen molar-refractivity contribution in [3.8, 4) is 0 Å². The van der Waals surface area contributed by atoms with E-state index in [1.165, 1.54) is 12.3 Å². The zero-order valence-electron chi connectivity index (χ0n) is 6.92. The molecule has 0 spiro atoms. The fourth-order valence-electron chi connectivity index (χ4n) is 1.25. The molecule has 2 rings (SSSR count). The number of ketones is 2. The Morgan fingerprint density at radius 3 is 2.92 bits per heavy atom. The quantitative estimate of drug-likeness (QED) is 0.627. The summed E-state index contributed by atoms with van der Waals surface area (Å²) in [5, 5.41) is 8.80. The van der Waals surface area contributed by atoms with Gasteiger partial charge in [0.1, 0.15) is 5.69 Å². The Bertz CT molecular complexity index is 417. The van der Waals surface area contributed by atoms with Crippen molar-refractivity contribution in [2.24, 2.45) is 0 Å². The van der Waals surface area contributed by atoms with Crippen molar-refractivity contribution in [1.29, 1.82) is 0 Å².